The maximum atomic E-state index is 12.6. The zero-order valence-corrected chi connectivity index (χ0v) is 8.08. The number of phenolic OH excluding ortho intramolecular Hbond substituents is 1. The molecule has 2 nitrogen and oxygen atoms in total. The zero-order chi connectivity index (χ0) is 9.30. The number of rotatable bonds is 1. The number of nitrogens with one attached hydrogen (secondary N) is 1. The average Bonchev–Trinajstić information content (AvgIpc) is 2.00. The van der Waals surface area contributed by atoms with E-state index in [1.807, 2.05) is 0 Å². The van der Waals surface area contributed by atoms with Crippen molar-refractivity contribution in [1.29, 1.82) is 5.41 Å². The maximum absolute atomic E-state index is 12.6. The van der Waals surface area contributed by atoms with Crippen molar-refractivity contribution in [3.05, 3.63) is 28.0 Å². The van der Waals surface area contributed by atoms with Gasteiger partial charge in [-0.15, -0.1) is 0 Å². The number of hydrogen-bond donors (Lipinski definition) is 2. The Morgan fingerprint density at radius 2 is 2.17 bits per heavy atom. The second-order valence-electron chi connectivity index (χ2n) is 2.07. The van der Waals surface area contributed by atoms with Crippen LogP contribution in [0.5, 0.6) is 5.75 Å². The van der Waals surface area contributed by atoms with Crippen molar-refractivity contribution in [2.45, 2.75) is 0 Å². The monoisotopic (exact) mass is 251 g/mol. The van der Waals surface area contributed by atoms with Crippen LogP contribution in [0, 0.1) is 11.2 Å². The van der Waals surface area contributed by atoms with Gasteiger partial charge in [0, 0.05) is 5.56 Å². The van der Waals surface area contributed by atoms with E-state index in [4.69, 9.17) is 22.1 Å². The van der Waals surface area contributed by atoms with Gasteiger partial charge >= 0.3 is 0 Å². The van der Waals surface area contributed by atoms with Gasteiger partial charge in [0.2, 0.25) is 0 Å². The van der Waals surface area contributed by atoms with Crippen LogP contribution in [0.2, 0.25) is 0 Å². The molecule has 1 rings (SSSR count). The molecule has 0 aliphatic carbocycles. The molecule has 1 aromatic rings. The Morgan fingerprint density at radius 3 is 2.67 bits per heavy atom. The van der Waals surface area contributed by atoms with Crippen LogP contribution in [-0.2, 0) is 0 Å². The standard InChI is InChI=1S/C7H4BrClFNO/c8-5-3(7(9)11)1-2-4(10)6(5)12/h1-2,11-12H. The Hall–Kier alpha value is -0.610. The van der Waals surface area contributed by atoms with E-state index in [1.165, 1.54) is 6.07 Å². The number of benzene rings is 1. The predicted octanol–water partition coefficient (Wildman–Crippen LogP) is 2.86. The second-order valence-corrected chi connectivity index (χ2v) is 3.24. The van der Waals surface area contributed by atoms with Crippen molar-refractivity contribution < 1.29 is 9.50 Å². The Morgan fingerprint density at radius 1 is 1.58 bits per heavy atom. The summed E-state index contributed by atoms with van der Waals surface area (Å²) in [6.45, 7) is 0. The van der Waals surface area contributed by atoms with Gasteiger partial charge in [-0.2, -0.15) is 0 Å². The van der Waals surface area contributed by atoms with Gasteiger partial charge in [0.1, 0.15) is 5.17 Å². The molecule has 5 heteroatoms. The van der Waals surface area contributed by atoms with Crippen molar-refractivity contribution in [2.24, 2.45) is 0 Å². The third kappa shape index (κ3) is 1.59. The van der Waals surface area contributed by atoms with E-state index in [-0.39, 0.29) is 15.2 Å². The maximum Gasteiger partial charge on any atom is 0.166 e. The topological polar surface area (TPSA) is 44.1 Å². The normalized spacial score (nSPS) is 9.92. The summed E-state index contributed by atoms with van der Waals surface area (Å²) in [6.07, 6.45) is 0. The van der Waals surface area contributed by atoms with Crippen molar-refractivity contribution in [3.8, 4) is 5.75 Å². The first-order chi connectivity index (χ1) is 5.54. The van der Waals surface area contributed by atoms with Crippen LogP contribution >= 0.6 is 27.5 Å². The van der Waals surface area contributed by atoms with Crippen molar-refractivity contribution in [2.75, 3.05) is 0 Å². The van der Waals surface area contributed by atoms with Crippen molar-refractivity contribution in [1.82, 2.24) is 0 Å². The largest absolute Gasteiger partial charge is 0.504 e. The number of aromatic hydroxyl groups is 1. The Kier molecular flexibility index (Phi) is 2.69. The highest BCUT2D eigenvalue weighted by Gasteiger charge is 2.11. The first-order valence-corrected chi connectivity index (χ1v) is 4.12. The molecule has 0 radical (unpaired) electrons. The molecule has 0 atom stereocenters. The van der Waals surface area contributed by atoms with E-state index >= 15 is 0 Å². The molecule has 2 N–H and O–H groups in total. The summed E-state index contributed by atoms with van der Waals surface area (Å²) < 4.78 is 12.7. The van der Waals surface area contributed by atoms with Crippen LogP contribution in [0.4, 0.5) is 4.39 Å². The van der Waals surface area contributed by atoms with Crippen LogP contribution in [0.15, 0.2) is 16.6 Å². The minimum absolute atomic E-state index is 0.0995. The summed E-state index contributed by atoms with van der Waals surface area (Å²) in [7, 11) is 0. The lowest BCUT2D eigenvalue weighted by atomic mass is 10.2. The fraction of sp³-hybridized carbons (Fsp3) is 0. The number of phenols is 1. The highest BCUT2D eigenvalue weighted by molar-refractivity contribution is 9.10. The molecule has 0 saturated carbocycles. The van der Waals surface area contributed by atoms with Crippen LogP contribution in [0.3, 0.4) is 0 Å². The van der Waals surface area contributed by atoms with E-state index < -0.39 is 11.6 Å². The summed E-state index contributed by atoms with van der Waals surface area (Å²) in [5.74, 6) is -1.28. The van der Waals surface area contributed by atoms with Gasteiger partial charge in [-0.3, -0.25) is 5.41 Å². The molecule has 0 heterocycles. The third-order valence-corrected chi connectivity index (χ3v) is 2.31. The summed E-state index contributed by atoms with van der Waals surface area (Å²) in [6, 6.07) is 2.36. The second kappa shape index (κ2) is 3.41. The lowest BCUT2D eigenvalue weighted by Gasteiger charge is -2.03. The molecule has 0 unspecified atom stereocenters. The molecule has 0 aliphatic rings. The molecular formula is C7H4BrClFNO. The van der Waals surface area contributed by atoms with Gasteiger partial charge in [0.25, 0.3) is 0 Å². The molecule has 0 amide bonds. The van der Waals surface area contributed by atoms with Gasteiger partial charge in [-0.05, 0) is 28.1 Å². The fourth-order valence-electron chi connectivity index (χ4n) is 0.711. The molecule has 0 fully saturated rings. The summed E-state index contributed by atoms with van der Waals surface area (Å²) in [5, 5.41) is 15.9. The van der Waals surface area contributed by atoms with Gasteiger partial charge in [-0.25, -0.2) is 4.39 Å². The summed E-state index contributed by atoms with van der Waals surface area (Å²) in [5.41, 5.74) is 0.260. The van der Waals surface area contributed by atoms with Crippen LogP contribution in [-0.4, -0.2) is 10.3 Å². The number of halogens is 3. The average molecular weight is 252 g/mol. The van der Waals surface area contributed by atoms with E-state index in [9.17, 15) is 4.39 Å². The molecule has 64 valence electrons. The van der Waals surface area contributed by atoms with E-state index in [2.05, 4.69) is 15.9 Å². The Labute approximate surface area is 81.6 Å². The molecule has 0 bridgehead atoms. The number of hydrogen-bond acceptors (Lipinski definition) is 2. The van der Waals surface area contributed by atoms with Gasteiger partial charge in [-0.1, -0.05) is 11.6 Å². The Balaban J connectivity index is 3.36. The lowest BCUT2D eigenvalue weighted by molar-refractivity contribution is 0.429. The Bertz CT molecular complexity index is 342. The third-order valence-electron chi connectivity index (χ3n) is 1.30. The predicted molar refractivity (Wildman–Crippen MR) is 48.4 cm³/mol. The van der Waals surface area contributed by atoms with Crippen molar-refractivity contribution in [3.63, 3.8) is 0 Å². The van der Waals surface area contributed by atoms with Gasteiger partial charge in [0.05, 0.1) is 4.47 Å². The highest BCUT2D eigenvalue weighted by atomic mass is 79.9. The lowest BCUT2D eigenvalue weighted by Crippen LogP contribution is -1.92. The molecule has 0 aromatic heterocycles. The quantitative estimate of drug-likeness (QED) is 0.742. The van der Waals surface area contributed by atoms with Crippen LogP contribution in [0.1, 0.15) is 5.56 Å². The molecule has 0 aliphatic heterocycles. The zero-order valence-electron chi connectivity index (χ0n) is 5.74. The van der Waals surface area contributed by atoms with Crippen LogP contribution < -0.4 is 0 Å². The minimum atomic E-state index is -0.747. The summed E-state index contributed by atoms with van der Waals surface area (Å²) in [4.78, 5) is 0. The smallest absolute Gasteiger partial charge is 0.166 e. The fourth-order valence-corrected chi connectivity index (χ4v) is 1.50. The van der Waals surface area contributed by atoms with Crippen LogP contribution in [0.25, 0.3) is 0 Å². The molecule has 0 saturated heterocycles. The minimum Gasteiger partial charge on any atom is -0.504 e. The molecule has 1 aromatic carbocycles. The first-order valence-electron chi connectivity index (χ1n) is 2.95. The van der Waals surface area contributed by atoms with E-state index in [0.717, 1.165) is 6.07 Å². The molecule has 0 spiro atoms. The first kappa shape index (κ1) is 9.48. The van der Waals surface area contributed by atoms with E-state index in [1.54, 1.807) is 0 Å². The summed E-state index contributed by atoms with van der Waals surface area (Å²) >= 11 is 8.27. The molecular weight excluding hydrogens is 248 g/mol. The SMILES string of the molecule is N=C(Cl)c1ccc(F)c(O)c1Br. The van der Waals surface area contributed by atoms with Crippen molar-refractivity contribution >= 4 is 32.7 Å². The van der Waals surface area contributed by atoms with E-state index in [0.29, 0.717) is 0 Å². The highest BCUT2D eigenvalue weighted by Crippen LogP contribution is 2.30. The molecule has 12 heavy (non-hydrogen) atoms. The van der Waals surface area contributed by atoms with Gasteiger partial charge in [0.15, 0.2) is 11.6 Å². The van der Waals surface area contributed by atoms with Gasteiger partial charge < -0.3 is 5.11 Å².